The number of carboxylic acids is 1. The monoisotopic (exact) mass is 351 g/mol. The molecule has 2 aliphatic rings. The van der Waals surface area contributed by atoms with Gasteiger partial charge in [-0.05, 0) is 47.0 Å². The van der Waals surface area contributed by atoms with E-state index in [9.17, 15) is 14.4 Å². The van der Waals surface area contributed by atoms with Crippen LogP contribution in [-0.4, -0.2) is 22.9 Å². The van der Waals surface area contributed by atoms with Gasteiger partial charge >= 0.3 is 5.97 Å². The summed E-state index contributed by atoms with van der Waals surface area (Å²) in [6.07, 6.45) is 3.74. The van der Waals surface area contributed by atoms with E-state index in [2.05, 4.69) is 15.9 Å². The maximum Gasteiger partial charge on any atom is 0.335 e. The van der Waals surface area contributed by atoms with Gasteiger partial charge in [0.05, 0.1) is 16.7 Å². The minimum absolute atomic E-state index is 0.111. The highest BCUT2D eigenvalue weighted by atomic mass is 79.9. The number of halogens is 1. The van der Waals surface area contributed by atoms with Crippen molar-refractivity contribution in [2.75, 3.05) is 4.90 Å². The summed E-state index contributed by atoms with van der Waals surface area (Å²) in [5.74, 6) is -1.40. The molecule has 6 heteroatoms. The van der Waals surface area contributed by atoms with Crippen LogP contribution in [0.3, 0.4) is 0 Å². The molecule has 1 N–H and O–H groups in total. The van der Waals surface area contributed by atoms with Crippen molar-refractivity contribution in [2.24, 2.45) is 5.41 Å². The van der Waals surface area contributed by atoms with Crippen LogP contribution in [0.1, 0.15) is 42.5 Å². The van der Waals surface area contributed by atoms with Gasteiger partial charge in [0.15, 0.2) is 0 Å². The average Bonchev–Trinajstić information content (AvgIpc) is 2.98. The van der Waals surface area contributed by atoms with Crippen molar-refractivity contribution in [3.8, 4) is 0 Å². The fourth-order valence-corrected chi connectivity index (χ4v) is 3.86. The quantitative estimate of drug-likeness (QED) is 0.831. The van der Waals surface area contributed by atoms with E-state index in [1.165, 1.54) is 23.1 Å². The number of carbonyl (C=O) groups excluding carboxylic acids is 2. The van der Waals surface area contributed by atoms with Gasteiger partial charge in [0.1, 0.15) is 0 Å². The second-order valence-corrected chi connectivity index (χ2v) is 6.52. The Balaban J connectivity index is 1.99. The summed E-state index contributed by atoms with van der Waals surface area (Å²) in [5.41, 5.74) is 0.0150. The van der Waals surface area contributed by atoms with Crippen LogP contribution in [0.25, 0.3) is 0 Å². The number of carbonyl (C=O) groups is 3. The van der Waals surface area contributed by atoms with Gasteiger partial charge in [-0.2, -0.15) is 0 Å². The van der Waals surface area contributed by atoms with Crippen LogP contribution in [0.2, 0.25) is 0 Å². The highest BCUT2D eigenvalue weighted by molar-refractivity contribution is 9.10. The van der Waals surface area contributed by atoms with Crippen molar-refractivity contribution in [1.82, 2.24) is 0 Å². The summed E-state index contributed by atoms with van der Waals surface area (Å²) in [7, 11) is 0. The van der Waals surface area contributed by atoms with Gasteiger partial charge in [-0.1, -0.05) is 12.8 Å². The topological polar surface area (TPSA) is 74.7 Å². The van der Waals surface area contributed by atoms with Crippen LogP contribution >= 0.6 is 15.9 Å². The SMILES string of the molecule is O=C(O)c1ccc(N2C(=O)CC3(CCCC3)C2=O)c(Br)c1. The van der Waals surface area contributed by atoms with Crippen molar-refractivity contribution in [3.05, 3.63) is 28.2 Å². The zero-order chi connectivity index (χ0) is 15.2. The lowest BCUT2D eigenvalue weighted by molar-refractivity contribution is -0.125. The number of nitrogens with zero attached hydrogens (tertiary/aromatic N) is 1. The maximum absolute atomic E-state index is 12.7. The van der Waals surface area contributed by atoms with Crippen LogP contribution in [0.4, 0.5) is 5.69 Å². The van der Waals surface area contributed by atoms with E-state index in [4.69, 9.17) is 5.11 Å². The number of hydrogen-bond donors (Lipinski definition) is 1. The first-order chi connectivity index (χ1) is 9.94. The van der Waals surface area contributed by atoms with Crippen LogP contribution in [-0.2, 0) is 9.59 Å². The van der Waals surface area contributed by atoms with E-state index in [0.717, 1.165) is 25.7 Å². The van der Waals surface area contributed by atoms with Crippen molar-refractivity contribution in [1.29, 1.82) is 0 Å². The third-order valence-corrected chi connectivity index (χ3v) is 5.03. The summed E-state index contributed by atoms with van der Waals surface area (Å²) < 4.78 is 0.444. The molecule has 0 atom stereocenters. The minimum atomic E-state index is -1.05. The third-order valence-electron chi connectivity index (χ3n) is 4.39. The first-order valence-corrected chi connectivity index (χ1v) is 7.64. The van der Waals surface area contributed by atoms with E-state index >= 15 is 0 Å². The standard InChI is InChI=1S/C15H14BrNO4/c16-10-7-9(13(19)20)3-4-11(10)17-12(18)8-15(14(17)21)5-1-2-6-15/h3-4,7H,1-2,5-6,8H2,(H,19,20). The predicted molar refractivity (Wildman–Crippen MR) is 79.1 cm³/mol. The van der Waals surface area contributed by atoms with E-state index in [0.29, 0.717) is 10.2 Å². The van der Waals surface area contributed by atoms with Crippen LogP contribution in [0.5, 0.6) is 0 Å². The molecule has 1 aliphatic heterocycles. The molecule has 1 spiro atoms. The normalized spacial score (nSPS) is 20.5. The van der Waals surface area contributed by atoms with Gasteiger partial charge < -0.3 is 5.11 Å². The summed E-state index contributed by atoms with van der Waals surface area (Å²) in [5, 5.41) is 8.97. The van der Waals surface area contributed by atoms with Gasteiger partial charge in [-0.3, -0.25) is 9.59 Å². The zero-order valence-electron chi connectivity index (χ0n) is 11.3. The van der Waals surface area contributed by atoms with Gasteiger partial charge in [-0.25, -0.2) is 9.69 Å². The molecule has 21 heavy (non-hydrogen) atoms. The van der Waals surface area contributed by atoms with Gasteiger partial charge in [0, 0.05) is 10.9 Å². The van der Waals surface area contributed by atoms with E-state index in [-0.39, 0.29) is 23.8 Å². The van der Waals surface area contributed by atoms with Crippen molar-refractivity contribution in [2.45, 2.75) is 32.1 Å². The number of anilines is 1. The Bertz CT molecular complexity index is 649. The molecular weight excluding hydrogens is 338 g/mol. The molecule has 0 radical (unpaired) electrons. The Labute approximate surface area is 130 Å². The smallest absolute Gasteiger partial charge is 0.335 e. The van der Waals surface area contributed by atoms with E-state index in [1.807, 2.05) is 0 Å². The fourth-order valence-electron chi connectivity index (χ4n) is 3.30. The number of carboxylic acid groups (broad SMARTS) is 1. The number of aromatic carboxylic acids is 1. The van der Waals surface area contributed by atoms with Crippen molar-refractivity contribution >= 4 is 39.4 Å². The Hall–Kier alpha value is -1.69. The van der Waals surface area contributed by atoms with E-state index in [1.54, 1.807) is 0 Å². The Kier molecular flexibility index (Phi) is 3.36. The molecule has 0 bridgehead atoms. The molecule has 2 amide bonds. The van der Waals surface area contributed by atoms with Crippen molar-refractivity contribution in [3.63, 3.8) is 0 Å². The molecule has 0 aromatic heterocycles. The first-order valence-electron chi connectivity index (χ1n) is 6.85. The molecule has 110 valence electrons. The highest BCUT2D eigenvalue weighted by Crippen LogP contribution is 2.48. The summed E-state index contributed by atoms with van der Waals surface area (Å²) in [4.78, 5) is 37.1. The molecule has 2 fully saturated rings. The number of hydrogen-bond acceptors (Lipinski definition) is 3. The first kappa shape index (κ1) is 14.3. The fraction of sp³-hybridized carbons (Fsp3) is 0.400. The average molecular weight is 352 g/mol. The third kappa shape index (κ3) is 2.18. The number of rotatable bonds is 2. The molecule has 0 unspecified atom stereocenters. The second kappa shape index (κ2) is 4.94. The molecule has 1 aromatic rings. The van der Waals surface area contributed by atoms with Crippen LogP contribution in [0, 0.1) is 5.41 Å². The van der Waals surface area contributed by atoms with Crippen molar-refractivity contribution < 1.29 is 19.5 Å². The lowest BCUT2D eigenvalue weighted by atomic mass is 9.84. The minimum Gasteiger partial charge on any atom is -0.478 e. The van der Waals surface area contributed by atoms with Crippen LogP contribution in [0.15, 0.2) is 22.7 Å². The Morgan fingerprint density at radius 2 is 1.90 bits per heavy atom. The van der Waals surface area contributed by atoms with Gasteiger partial charge in [-0.15, -0.1) is 0 Å². The highest BCUT2D eigenvalue weighted by Gasteiger charge is 2.53. The largest absolute Gasteiger partial charge is 0.478 e. The zero-order valence-corrected chi connectivity index (χ0v) is 12.9. The number of amides is 2. The predicted octanol–water partition coefficient (Wildman–Crippen LogP) is 2.97. The molecule has 1 aliphatic carbocycles. The lowest BCUT2D eigenvalue weighted by Crippen LogP contribution is -2.34. The van der Waals surface area contributed by atoms with Gasteiger partial charge in [0.2, 0.25) is 11.8 Å². The summed E-state index contributed by atoms with van der Waals surface area (Å²) in [6, 6.07) is 4.33. The molecule has 3 rings (SSSR count). The lowest BCUT2D eigenvalue weighted by Gasteiger charge is -2.21. The summed E-state index contributed by atoms with van der Waals surface area (Å²) >= 11 is 3.27. The molecular formula is C15H14BrNO4. The van der Waals surface area contributed by atoms with E-state index < -0.39 is 11.4 Å². The van der Waals surface area contributed by atoms with Crippen LogP contribution < -0.4 is 4.90 Å². The maximum atomic E-state index is 12.7. The molecule has 5 nitrogen and oxygen atoms in total. The number of benzene rings is 1. The Morgan fingerprint density at radius 3 is 2.48 bits per heavy atom. The Morgan fingerprint density at radius 1 is 1.24 bits per heavy atom. The number of imide groups is 1. The summed E-state index contributed by atoms with van der Waals surface area (Å²) in [6.45, 7) is 0. The second-order valence-electron chi connectivity index (χ2n) is 5.67. The molecule has 1 saturated carbocycles. The molecule has 1 aromatic carbocycles. The molecule has 1 heterocycles. The van der Waals surface area contributed by atoms with Gasteiger partial charge in [0.25, 0.3) is 0 Å². The molecule has 1 saturated heterocycles.